The van der Waals surface area contributed by atoms with Gasteiger partial charge >= 0.3 is 0 Å². The van der Waals surface area contributed by atoms with Crippen LogP contribution in [-0.4, -0.2) is 36.7 Å². The van der Waals surface area contributed by atoms with E-state index in [2.05, 4.69) is 33.2 Å². The topological polar surface area (TPSA) is 115 Å². The van der Waals surface area contributed by atoms with Gasteiger partial charge in [-0.1, -0.05) is 72.8 Å². The Morgan fingerprint density at radius 3 is 1.44 bits per heavy atom. The summed E-state index contributed by atoms with van der Waals surface area (Å²) in [6.45, 7) is 3.80. The first kappa shape index (κ1) is 30.5. The summed E-state index contributed by atoms with van der Waals surface area (Å²) in [6.07, 6.45) is 3.51. The van der Waals surface area contributed by atoms with Crippen LogP contribution >= 0.6 is 0 Å². The van der Waals surface area contributed by atoms with Gasteiger partial charge in [0.2, 0.25) is 0 Å². The van der Waals surface area contributed by atoms with Crippen LogP contribution in [0.1, 0.15) is 58.0 Å². The SMILES string of the molecule is CC(N)c1nc2cccnc2cc1-c1ccccc1.CC(c1nc2cccnc2cc1-c1ccccc1)N1C(=O)c2ccccc2C1=O. The van der Waals surface area contributed by atoms with Gasteiger partial charge in [-0.05, 0) is 73.5 Å². The molecular formula is C40H32N6O2. The first-order valence-electron chi connectivity index (χ1n) is 15.8. The van der Waals surface area contributed by atoms with E-state index in [-0.39, 0.29) is 17.9 Å². The Labute approximate surface area is 278 Å². The zero-order valence-electron chi connectivity index (χ0n) is 26.5. The molecule has 48 heavy (non-hydrogen) atoms. The Bertz CT molecular complexity index is 2250. The molecule has 0 fully saturated rings. The van der Waals surface area contributed by atoms with Crippen molar-refractivity contribution in [2.75, 3.05) is 0 Å². The molecule has 0 saturated heterocycles. The number of pyridine rings is 4. The van der Waals surface area contributed by atoms with E-state index in [9.17, 15) is 9.59 Å². The number of carbonyl (C=O) groups excluding carboxylic acids is 2. The van der Waals surface area contributed by atoms with Crippen LogP contribution in [0.15, 0.2) is 134 Å². The maximum atomic E-state index is 13.0. The zero-order valence-corrected chi connectivity index (χ0v) is 26.5. The molecule has 8 rings (SSSR count). The molecule has 2 amide bonds. The van der Waals surface area contributed by atoms with Crippen LogP contribution in [0.4, 0.5) is 0 Å². The average molecular weight is 629 g/mol. The molecular weight excluding hydrogens is 596 g/mol. The lowest BCUT2D eigenvalue weighted by Gasteiger charge is -2.24. The quantitative estimate of drug-likeness (QED) is 0.192. The maximum Gasteiger partial charge on any atom is 0.262 e. The van der Waals surface area contributed by atoms with Gasteiger partial charge in [0.1, 0.15) is 0 Å². The van der Waals surface area contributed by atoms with Crippen molar-refractivity contribution in [3.63, 3.8) is 0 Å². The number of hydrogen-bond donors (Lipinski definition) is 1. The summed E-state index contributed by atoms with van der Waals surface area (Å²) in [5.74, 6) is -0.574. The largest absolute Gasteiger partial charge is 0.323 e. The Morgan fingerprint density at radius 1 is 0.521 bits per heavy atom. The van der Waals surface area contributed by atoms with Crippen LogP contribution in [0.25, 0.3) is 44.3 Å². The van der Waals surface area contributed by atoms with E-state index in [1.165, 1.54) is 4.90 Å². The van der Waals surface area contributed by atoms with Gasteiger partial charge in [0.05, 0.1) is 50.6 Å². The fourth-order valence-corrected chi connectivity index (χ4v) is 6.08. The molecule has 8 nitrogen and oxygen atoms in total. The van der Waals surface area contributed by atoms with Crippen molar-refractivity contribution in [3.8, 4) is 22.3 Å². The standard InChI is InChI=1S/C24H17N3O2.C16H15N3/c1-15(27-23(28)17-10-5-6-11-18(17)24(27)29)22-19(16-8-3-2-4-9-16)14-21-20(26-22)12-7-13-25-21;1-11(17)16-13(12-6-3-2-4-7-12)10-15-14(19-16)8-5-9-18-15/h2-15H,1H3;2-11H,17H2,1H3. The van der Waals surface area contributed by atoms with Gasteiger partial charge in [0, 0.05) is 29.6 Å². The lowest BCUT2D eigenvalue weighted by atomic mass is 9.98. The van der Waals surface area contributed by atoms with E-state index in [1.54, 1.807) is 36.7 Å². The van der Waals surface area contributed by atoms with Crippen molar-refractivity contribution in [3.05, 3.63) is 156 Å². The molecule has 8 heteroatoms. The number of carbonyl (C=O) groups is 2. The van der Waals surface area contributed by atoms with Crippen LogP contribution in [-0.2, 0) is 0 Å². The number of hydrogen-bond acceptors (Lipinski definition) is 7. The molecule has 2 N–H and O–H groups in total. The van der Waals surface area contributed by atoms with Crippen LogP contribution in [0.3, 0.4) is 0 Å². The van der Waals surface area contributed by atoms with Gasteiger partial charge in [0.15, 0.2) is 0 Å². The third-order valence-electron chi connectivity index (χ3n) is 8.44. The lowest BCUT2D eigenvalue weighted by Crippen LogP contribution is -2.33. The molecule has 234 valence electrons. The third-order valence-corrected chi connectivity index (χ3v) is 8.44. The van der Waals surface area contributed by atoms with E-state index in [4.69, 9.17) is 10.7 Å². The molecule has 5 heterocycles. The van der Waals surface area contributed by atoms with Crippen molar-refractivity contribution in [1.29, 1.82) is 0 Å². The molecule has 7 aromatic rings. The van der Waals surface area contributed by atoms with Crippen LogP contribution in [0, 0.1) is 0 Å². The van der Waals surface area contributed by atoms with E-state index >= 15 is 0 Å². The average Bonchev–Trinajstić information content (AvgIpc) is 3.40. The number of imide groups is 1. The lowest BCUT2D eigenvalue weighted by molar-refractivity contribution is 0.0593. The number of nitrogens with two attached hydrogens (primary N) is 1. The highest BCUT2D eigenvalue weighted by Crippen LogP contribution is 2.36. The number of rotatable bonds is 5. The summed E-state index contributed by atoms with van der Waals surface area (Å²) >= 11 is 0. The predicted molar refractivity (Wildman–Crippen MR) is 188 cm³/mol. The van der Waals surface area contributed by atoms with Crippen molar-refractivity contribution in [2.24, 2.45) is 5.73 Å². The van der Waals surface area contributed by atoms with Crippen LogP contribution in [0.2, 0.25) is 0 Å². The highest BCUT2D eigenvalue weighted by Gasteiger charge is 2.39. The number of nitrogens with zero attached hydrogens (tertiary/aromatic N) is 5. The minimum Gasteiger partial charge on any atom is -0.323 e. The number of aromatic nitrogens is 4. The van der Waals surface area contributed by atoms with E-state index in [0.717, 1.165) is 50.0 Å². The van der Waals surface area contributed by atoms with Crippen molar-refractivity contribution >= 4 is 33.9 Å². The fourth-order valence-electron chi connectivity index (χ4n) is 6.08. The minimum atomic E-state index is -0.526. The van der Waals surface area contributed by atoms with Gasteiger partial charge in [-0.25, -0.2) is 9.97 Å². The molecule has 0 spiro atoms. The monoisotopic (exact) mass is 628 g/mol. The molecule has 2 atom stereocenters. The first-order valence-corrected chi connectivity index (χ1v) is 15.8. The summed E-state index contributed by atoms with van der Waals surface area (Å²) in [7, 11) is 0. The predicted octanol–water partition coefficient (Wildman–Crippen LogP) is 7.97. The molecule has 2 unspecified atom stereocenters. The Hall–Kier alpha value is -6.12. The Balaban J connectivity index is 0.000000166. The molecule has 0 radical (unpaired) electrons. The van der Waals surface area contributed by atoms with E-state index in [1.807, 2.05) is 92.7 Å². The second-order valence-electron chi connectivity index (χ2n) is 11.6. The van der Waals surface area contributed by atoms with Crippen molar-refractivity contribution < 1.29 is 9.59 Å². The zero-order chi connectivity index (χ0) is 33.2. The minimum absolute atomic E-state index is 0.111. The van der Waals surface area contributed by atoms with Gasteiger partial charge < -0.3 is 5.73 Å². The summed E-state index contributed by atoms with van der Waals surface area (Å²) < 4.78 is 0. The third kappa shape index (κ3) is 5.70. The van der Waals surface area contributed by atoms with E-state index < -0.39 is 6.04 Å². The highest BCUT2D eigenvalue weighted by atomic mass is 16.2. The number of benzene rings is 3. The second kappa shape index (κ2) is 12.9. The molecule has 4 aromatic heterocycles. The smallest absolute Gasteiger partial charge is 0.262 e. The molecule has 0 saturated carbocycles. The maximum absolute atomic E-state index is 13.0. The van der Waals surface area contributed by atoms with Gasteiger partial charge in [0.25, 0.3) is 11.8 Å². The van der Waals surface area contributed by atoms with Crippen molar-refractivity contribution in [2.45, 2.75) is 25.9 Å². The first-order chi connectivity index (χ1) is 23.4. The molecule has 0 aliphatic carbocycles. The molecule has 3 aromatic carbocycles. The number of fused-ring (bicyclic) bond motifs is 3. The van der Waals surface area contributed by atoms with Crippen LogP contribution in [0.5, 0.6) is 0 Å². The Kier molecular flexibility index (Phi) is 8.23. The molecule has 1 aliphatic heterocycles. The summed E-state index contributed by atoms with van der Waals surface area (Å²) in [5.41, 5.74) is 15.8. The second-order valence-corrected chi connectivity index (χ2v) is 11.6. The molecule has 0 bridgehead atoms. The summed E-state index contributed by atoms with van der Waals surface area (Å²) in [6, 6.07) is 37.9. The van der Waals surface area contributed by atoms with E-state index in [0.29, 0.717) is 16.8 Å². The van der Waals surface area contributed by atoms with Gasteiger partial charge in [-0.15, -0.1) is 0 Å². The van der Waals surface area contributed by atoms with Crippen LogP contribution < -0.4 is 5.73 Å². The van der Waals surface area contributed by atoms with Crippen molar-refractivity contribution in [1.82, 2.24) is 24.8 Å². The number of amides is 2. The fraction of sp³-hybridized carbons (Fsp3) is 0.100. The normalized spacial score (nSPS) is 13.6. The Morgan fingerprint density at radius 2 is 0.958 bits per heavy atom. The van der Waals surface area contributed by atoms with Gasteiger partial charge in [-0.2, -0.15) is 0 Å². The van der Waals surface area contributed by atoms with Gasteiger partial charge in [-0.3, -0.25) is 24.5 Å². The molecule has 1 aliphatic rings. The highest BCUT2D eigenvalue weighted by molar-refractivity contribution is 6.21. The summed E-state index contributed by atoms with van der Waals surface area (Å²) in [4.78, 5) is 45.6. The summed E-state index contributed by atoms with van der Waals surface area (Å²) in [5, 5.41) is 0.